The zero-order chi connectivity index (χ0) is 14.1. The summed E-state index contributed by atoms with van der Waals surface area (Å²) < 4.78 is 30.1. The summed E-state index contributed by atoms with van der Waals surface area (Å²) in [6, 6.07) is 0. The molecule has 0 bridgehead atoms. The van der Waals surface area contributed by atoms with Crippen molar-refractivity contribution in [3.05, 3.63) is 17.3 Å². The first-order chi connectivity index (χ1) is 8.12. The summed E-state index contributed by atoms with van der Waals surface area (Å²) in [4.78, 5) is 14.3. The Morgan fingerprint density at radius 1 is 1.44 bits per heavy atom. The Balaban J connectivity index is 2.99. The van der Waals surface area contributed by atoms with Crippen molar-refractivity contribution >= 4 is 5.97 Å². The number of rotatable bonds is 4. The minimum Gasteiger partial charge on any atom is -0.475 e. The fourth-order valence-corrected chi connectivity index (χ4v) is 1.33. The Hall–Kier alpha value is -1.46. The molecule has 1 aromatic heterocycles. The Labute approximate surface area is 104 Å². The van der Waals surface area contributed by atoms with Crippen LogP contribution in [0.5, 0.6) is 0 Å². The first-order valence-corrected chi connectivity index (χ1v) is 5.64. The largest absolute Gasteiger partial charge is 0.475 e. The molecule has 102 valence electrons. The molecule has 4 nitrogen and oxygen atoms in total. The number of hydrogen-bond donors (Lipinski definition) is 1. The van der Waals surface area contributed by atoms with Gasteiger partial charge in [-0.05, 0) is 11.3 Å². The van der Waals surface area contributed by atoms with Crippen LogP contribution in [-0.2, 0) is 6.42 Å². The average molecular weight is 261 g/mol. The molecule has 1 N–H and O–H groups in total. The standard InChI is InChI=1S/C12H17F2NO3/c1-6(12(2,3)4)5-7-15-8(10(13)14)9(18-7)11(16)17/h6,10H,5H2,1-4H3,(H,16,17). The van der Waals surface area contributed by atoms with Gasteiger partial charge in [-0.3, -0.25) is 0 Å². The Morgan fingerprint density at radius 3 is 2.33 bits per heavy atom. The molecule has 1 aromatic rings. The highest BCUT2D eigenvalue weighted by atomic mass is 19.3. The van der Waals surface area contributed by atoms with Crippen LogP contribution in [0.2, 0.25) is 0 Å². The van der Waals surface area contributed by atoms with E-state index >= 15 is 0 Å². The van der Waals surface area contributed by atoms with E-state index in [0.29, 0.717) is 6.42 Å². The lowest BCUT2D eigenvalue weighted by atomic mass is 9.80. The van der Waals surface area contributed by atoms with E-state index in [4.69, 9.17) is 9.52 Å². The molecule has 0 saturated heterocycles. The maximum absolute atomic E-state index is 12.6. The summed E-state index contributed by atoms with van der Waals surface area (Å²) in [5.74, 6) is -2.11. The highest BCUT2D eigenvalue weighted by Gasteiger charge is 2.28. The minimum absolute atomic E-state index is 0.0388. The number of halogens is 2. The van der Waals surface area contributed by atoms with Crippen molar-refractivity contribution < 1.29 is 23.1 Å². The fourth-order valence-electron chi connectivity index (χ4n) is 1.33. The van der Waals surface area contributed by atoms with Crippen LogP contribution in [0.1, 0.15) is 56.3 Å². The van der Waals surface area contributed by atoms with E-state index in [1.807, 2.05) is 27.7 Å². The number of carboxylic acids is 1. The number of hydrogen-bond acceptors (Lipinski definition) is 3. The quantitative estimate of drug-likeness (QED) is 0.900. The summed E-state index contributed by atoms with van der Waals surface area (Å²) in [7, 11) is 0. The van der Waals surface area contributed by atoms with Crippen LogP contribution in [0.25, 0.3) is 0 Å². The molecule has 0 aliphatic heterocycles. The van der Waals surface area contributed by atoms with Gasteiger partial charge in [-0.25, -0.2) is 18.6 Å². The van der Waals surface area contributed by atoms with Gasteiger partial charge in [0.05, 0.1) is 0 Å². The number of aromatic nitrogens is 1. The van der Waals surface area contributed by atoms with Gasteiger partial charge in [0.1, 0.15) is 0 Å². The van der Waals surface area contributed by atoms with Gasteiger partial charge in [-0.2, -0.15) is 0 Å². The van der Waals surface area contributed by atoms with Crippen molar-refractivity contribution in [2.24, 2.45) is 11.3 Å². The molecule has 0 saturated carbocycles. The lowest BCUT2D eigenvalue weighted by molar-refractivity contribution is 0.0643. The van der Waals surface area contributed by atoms with E-state index in [0.717, 1.165) is 0 Å². The molecule has 18 heavy (non-hydrogen) atoms. The SMILES string of the molecule is CC(Cc1nc(C(F)F)c(C(=O)O)o1)C(C)(C)C. The Kier molecular flexibility index (Phi) is 4.09. The molecule has 0 aromatic carbocycles. The van der Waals surface area contributed by atoms with Crippen molar-refractivity contribution in [3.63, 3.8) is 0 Å². The highest BCUT2D eigenvalue weighted by Crippen LogP contribution is 2.30. The van der Waals surface area contributed by atoms with Crippen molar-refractivity contribution in [3.8, 4) is 0 Å². The summed E-state index contributed by atoms with van der Waals surface area (Å²) in [6.07, 6.45) is -2.62. The maximum Gasteiger partial charge on any atom is 0.374 e. The number of nitrogens with zero attached hydrogens (tertiary/aromatic N) is 1. The number of aromatic carboxylic acids is 1. The zero-order valence-electron chi connectivity index (χ0n) is 10.8. The van der Waals surface area contributed by atoms with Crippen molar-refractivity contribution in [2.45, 2.75) is 40.5 Å². The molecule has 1 atom stereocenters. The van der Waals surface area contributed by atoms with E-state index in [9.17, 15) is 13.6 Å². The van der Waals surface area contributed by atoms with Crippen LogP contribution >= 0.6 is 0 Å². The molecule has 1 rings (SSSR count). The van der Waals surface area contributed by atoms with Crippen LogP contribution in [-0.4, -0.2) is 16.1 Å². The molecule has 0 amide bonds. The maximum atomic E-state index is 12.6. The molecular weight excluding hydrogens is 244 g/mol. The number of alkyl halides is 2. The van der Waals surface area contributed by atoms with E-state index in [2.05, 4.69) is 4.98 Å². The van der Waals surface area contributed by atoms with Gasteiger partial charge in [0.2, 0.25) is 5.76 Å². The summed E-state index contributed by atoms with van der Waals surface area (Å²) >= 11 is 0. The van der Waals surface area contributed by atoms with E-state index in [1.165, 1.54) is 0 Å². The molecule has 1 unspecified atom stereocenters. The molecule has 1 heterocycles. The molecule has 0 aliphatic carbocycles. The van der Waals surface area contributed by atoms with Gasteiger partial charge in [0.25, 0.3) is 6.43 Å². The predicted molar refractivity (Wildman–Crippen MR) is 60.7 cm³/mol. The van der Waals surface area contributed by atoms with E-state index in [-0.39, 0.29) is 17.2 Å². The number of carbonyl (C=O) groups is 1. The Morgan fingerprint density at radius 2 is 2.00 bits per heavy atom. The fraction of sp³-hybridized carbons (Fsp3) is 0.667. The summed E-state index contributed by atoms with van der Waals surface area (Å²) in [6.45, 7) is 7.96. The third-order valence-electron chi connectivity index (χ3n) is 3.06. The van der Waals surface area contributed by atoms with Gasteiger partial charge in [-0.1, -0.05) is 27.7 Å². The molecule has 6 heteroatoms. The minimum atomic E-state index is -2.95. The van der Waals surface area contributed by atoms with E-state index in [1.54, 1.807) is 0 Å². The molecule has 0 radical (unpaired) electrons. The molecule has 0 spiro atoms. The first-order valence-electron chi connectivity index (χ1n) is 5.64. The van der Waals surface area contributed by atoms with Gasteiger partial charge in [-0.15, -0.1) is 0 Å². The summed E-state index contributed by atoms with van der Waals surface area (Å²) in [5, 5.41) is 8.75. The van der Waals surface area contributed by atoms with E-state index < -0.39 is 23.8 Å². The second-order valence-corrected chi connectivity index (χ2v) is 5.40. The normalized spacial score (nSPS) is 13.9. The van der Waals surface area contributed by atoms with Gasteiger partial charge >= 0.3 is 5.97 Å². The number of carboxylic acid groups (broad SMARTS) is 1. The van der Waals surface area contributed by atoms with Crippen molar-refractivity contribution in [1.82, 2.24) is 4.98 Å². The highest BCUT2D eigenvalue weighted by molar-refractivity contribution is 5.85. The number of oxazole rings is 1. The average Bonchev–Trinajstić information content (AvgIpc) is 2.60. The van der Waals surface area contributed by atoms with Crippen LogP contribution < -0.4 is 0 Å². The van der Waals surface area contributed by atoms with Crippen LogP contribution in [0.15, 0.2) is 4.42 Å². The van der Waals surface area contributed by atoms with Crippen LogP contribution in [0, 0.1) is 11.3 Å². The molecule has 0 fully saturated rings. The van der Waals surface area contributed by atoms with Crippen LogP contribution in [0.4, 0.5) is 8.78 Å². The zero-order valence-corrected chi connectivity index (χ0v) is 10.8. The van der Waals surface area contributed by atoms with Gasteiger partial charge in [0.15, 0.2) is 11.6 Å². The monoisotopic (exact) mass is 261 g/mol. The second-order valence-electron chi connectivity index (χ2n) is 5.40. The summed E-state index contributed by atoms with van der Waals surface area (Å²) in [5.41, 5.74) is -0.832. The topological polar surface area (TPSA) is 63.3 Å². The van der Waals surface area contributed by atoms with Crippen LogP contribution in [0.3, 0.4) is 0 Å². The molecule has 0 aliphatic rings. The third kappa shape index (κ3) is 3.27. The van der Waals surface area contributed by atoms with Crippen molar-refractivity contribution in [2.75, 3.05) is 0 Å². The second kappa shape index (κ2) is 5.04. The van der Waals surface area contributed by atoms with Crippen molar-refractivity contribution in [1.29, 1.82) is 0 Å². The lowest BCUT2D eigenvalue weighted by Gasteiger charge is -2.25. The predicted octanol–water partition coefficient (Wildman–Crippen LogP) is 3.54. The van der Waals surface area contributed by atoms with Gasteiger partial charge < -0.3 is 9.52 Å². The Bertz CT molecular complexity index is 435. The first kappa shape index (κ1) is 14.6. The third-order valence-corrected chi connectivity index (χ3v) is 3.06. The smallest absolute Gasteiger partial charge is 0.374 e. The molecular formula is C12H17F2NO3. The lowest BCUT2D eigenvalue weighted by Crippen LogP contribution is -2.19. The van der Waals surface area contributed by atoms with Gasteiger partial charge in [0, 0.05) is 6.42 Å².